The van der Waals surface area contributed by atoms with Gasteiger partial charge in [-0.2, -0.15) is 0 Å². The molecule has 172 valence electrons. The number of hydrogen-bond donors (Lipinski definition) is 1. The van der Waals surface area contributed by atoms with E-state index in [-0.39, 0.29) is 12.1 Å². The number of anilines is 1. The maximum Gasteiger partial charge on any atom is 0.174 e. The molecule has 0 bridgehead atoms. The normalized spacial score (nSPS) is 17.6. The highest BCUT2D eigenvalue weighted by Crippen LogP contribution is 2.44. The summed E-state index contributed by atoms with van der Waals surface area (Å²) in [5.74, 6) is 0.621. The molecule has 1 aliphatic rings. The van der Waals surface area contributed by atoms with Gasteiger partial charge in [-0.05, 0) is 80.2 Å². The predicted molar refractivity (Wildman–Crippen MR) is 139 cm³/mol. The predicted octanol–water partition coefficient (Wildman–Crippen LogP) is 5.72. The van der Waals surface area contributed by atoms with E-state index in [0.717, 1.165) is 34.0 Å². The van der Waals surface area contributed by atoms with E-state index in [9.17, 15) is 0 Å². The smallest absolute Gasteiger partial charge is 0.174 e. The number of hydrogen-bond acceptors (Lipinski definition) is 4. The van der Waals surface area contributed by atoms with Gasteiger partial charge in [0, 0.05) is 29.5 Å². The third-order valence-electron chi connectivity index (χ3n) is 6.20. The Morgan fingerprint density at radius 1 is 1.03 bits per heavy atom. The van der Waals surface area contributed by atoms with Crippen LogP contribution < -0.4 is 15.0 Å². The van der Waals surface area contributed by atoms with Crippen LogP contribution in [0.2, 0.25) is 5.02 Å². The van der Waals surface area contributed by atoms with Gasteiger partial charge in [0.15, 0.2) is 5.11 Å². The molecule has 1 N–H and O–H groups in total. The lowest BCUT2D eigenvalue weighted by Crippen LogP contribution is -2.29. The van der Waals surface area contributed by atoms with Crippen molar-refractivity contribution < 1.29 is 4.74 Å². The fourth-order valence-electron chi connectivity index (χ4n) is 4.72. The average molecular weight is 490 g/mol. The van der Waals surface area contributed by atoms with Crippen LogP contribution >= 0.6 is 23.8 Å². The first-order valence-corrected chi connectivity index (χ1v) is 11.7. The van der Waals surface area contributed by atoms with Gasteiger partial charge < -0.3 is 19.5 Å². The van der Waals surface area contributed by atoms with Gasteiger partial charge in [-0.25, -0.2) is 0 Å². The highest BCUT2D eigenvalue weighted by atomic mass is 35.5. The fourth-order valence-corrected chi connectivity index (χ4v) is 5.32. The lowest BCUT2D eigenvalue weighted by molar-refractivity contribution is 0.415. The molecule has 0 radical (unpaired) electrons. The number of aryl methyl sites for hydroxylation is 1. The number of halogens is 1. The maximum atomic E-state index is 6.50. The highest BCUT2D eigenvalue weighted by molar-refractivity contribution is 7.80. The van der Waals surface area contributed by atoms with Crippen molar-refractivity contribution in [2.45, 2.75) is 25.9 Å². The van der Waals surface area contributed by atoms with Crippen molar-refractivity contribution >= 4 is 34.6 Å². The molecule has 4 aromatic rings. The van der Waals surface area contributed by atoms with Crippen molar-refractivity contribution in [1.82, 2.24) is 19.9 Å². The average Bonchev–Trinajstić information content (AvgIpc) is 3.35. The summed E-state index contributed by atoms with van der Waals surface area (Å²) in [6, 6.07) is 17.6. The second-order valence-corrected chi connectivity index (χ2v) is 8.98. The zero-order chi connectivity index (χ0) is 23.8. The Labute approximate surface area is 209 Å². The number of nitrogens with zero attached hydrogens (tertiary/aromatic N) is 4. The Morgan fingerprint density at radius 3 is 2.56 bits per heavy atom. The number of aromatic nitrogens is 3. The van der Waals surface area contributed by atoms with Gasteiger partial charge in [0.05, 0.1) is 41.8 Å². The number of thiocarbonyl (C=S) groups is 1. The molecule has 1 aromatic carbocycles. The first kappa shape index (κ1) is 22.4. The zero-order valence-corrected chi connectivity index (χ0v) is 20.6. The topological polar surface area (TPSA) is 55.2 Å². The SMILES string of the molecule is COc1ccc(N2C(=S)N[C@H](c3ccccn3)[C@H]2c2cc(C)n(-c3cccnc3)c2C)cc1Cl. The van der Waals surface area contributed by atoms with Crippen molar-refractivity contribution in [2.24, 2.45) is 0 Å². The number of benzene rings is 1. The number of ether oxygens (including phenoxy) is 1. The number of pyridine rings is 2. The van der Waals surface area contributed by atoms with E-state index in [1.165, 1.54) is 0 Å². The van der Waals surface area contributed by atoms with Gasteiger partial charge in [0.2, 0.25) is 0 Å². The van der Waals surface area contributed by atoms with E-state index in [1.807, 2.05) is 54.9 Å². The lowest BCUT2D eigenvalue weighted by Gasteiger charge is -2.28. The van der Waals surface area contributed by atoms with Crippen molar-refractivity contribution in [3.05, 3.63) is 101 Å². The Bertz CT molecular complexity index is 1340. The van der Waals surface area contributed by atoms with E-state index < -0.39 is 0 Å². The maximum absolute atomic E-state index is 6.50. The van der Waals surface area contributed by atoms with Crippen molar-refractivity contribution in [3.8, 4) is 11.4 Å². The number of rotatable bonds is 5. The van der Waals surface area contributed by atoms with Gasteiger partial charge in [0.1, 0.15) is 5.75 Å². The van der Waals surface area contributed by atoms with Crippen LogP contribution in [-0.2, 0) is 0 Å². The summed E-state index contributed by atoms with van der Waals surface area (Å²) in [5.41, 5.74) is 6.21. The van der Waals surface area contributed by atoms with E-state index in [0.29, 0.717) is 15.9 Å². The fraction of sp³-hybridized carbons (Fsp3) is 0.192. The minimum absolute atomic E-state index is 0.136. The van der Waals surface area contributed by atoms with E-state index in [4.69, 9.17) is 28.6 Å². The van der Waals surface area contributed by atoms with E-state index >= 15 is 0 Å². The van der Waals surface area contributed by atoms with Crippen LogP contribution in [-0.4, -0.2) is 26.8 Å². The summed E-state index contributed by atoms with van der Waals surface area (Å²) in [7, 11) is 1.61. The van der Waals surface area contributed by atoms with Crippen LogP contribution in [0.5, 0.6) is 5.75 Å². The van der Waals surface area contributed by atoms with Gasteiger partial charge in [-0.3, -0.25) is 9.97 Å². The molecule has 5 rings (SSSR count). The summed E-state index contributed by atoms with van der Waals surface area (Å²) >= 11 is 12.4. The molecule has 1 saturated heterocycles. The Balaban J connectivity index is 1.68. The standard InChI is InChI=1S/C26H24ClN5OS/c1-16-13-20(17(2)31(16)19-7-6-11-28-15-19)25-24(22-8-4-5-12-29-22)30-26(34)32(25)18-9-10-23(33-3)21(27)14-18/h4-15,24-25H,1-3H3,(H,30,34)/t24-,25-/m1/s1. The first-order chi connectivity index (χ1) is 16.5. The van der Waals surface area contributed by atoms with Crippen molar-refractivity contribution in [1.29, 1.82) is 0 Å². The van der Waals surface area contributed by atoms with Crippen molar-refractivity contribution in [2.75, 3.05) is 12.0 Å². The molecule has 6 nitrogen and oxygen atoms in total. The third-order valence-corrected chi connectivity index (χ3v) is 6.81. The van der Waals surface area contributed by atoms with Crippen LogP contribution in [0.4, 0.5) is 5.69 Å². The van der Waals surface area contributed by atoms with Crippen LogP contribution in [0.15, 0.2) is 73.2 Å². The third kappa shape index (κ3) is 3.81. The minimum Gasteiger partial charge on any atom is -0.495 e. The van der Waals surface area contributed by atoms with Gasteiger partial charge in [0.25, 0.3) is 0 Å². The Morgan fingerprint density at radius 2 is 1.88 bits per heavy atom. The lowest BCUT2D eigenvalue weighted by atomic mass is 9.96. The Kier molecular flexibility index (Phi) is 5.98. The van der Waals surface area contributed by atoms with Crippen LogP contribution in [0.1, 0.15) is 34.7 Å². The van der Waals surface area contributed by atoms with Crippen molar-refractivity contribution in [3.63, 3.8) is 0 Å². The molecule has 4 heterocycles. The van der Waals surface area contributed by atoms with Crippen LogP contribution in [0, 0.1) is 13.8 Å². The molecule has 2 atom stereocenters. The molecular weight excluding hydrogens is 466 g/mol. The summed E-state index contributed by atoms with van der Waals surface area (Å²) in [6.45, 7) is 4.24. The summed E-state index contributed by atoms with van der Waals surface area (Å²) in [5, 5.41) is 4.66. The molecule has 0 unspecified atom stereocenters. The van der Waals surface area contributed by atoms with Gasteiger partial charge >= 0.3 is 0 Å². The molecule has 3 aromatic heterocycles. The van der Waals surface area contributed by atoms with Crippen LogP contribution in [0.25, 0.3) is 5.69 Å². The molecule has 0 amide bonds. The molecule has 0 saturated carbocycles. The monoisotopic (exact) mass is 489 g/mol. The summed E-state index contributed by atoms with van der Waals surface area (Å²) < 4.78 is 7.58. The second kappa shape index (κ2) is 9.08. The Hall–Kier alpha value is -3.42. The molecule has 8 heteroatoms. The molecule has 0 aliphatic carbocycles. The molecule has 0 spiro atoms. The number of methoxy groups -OCH3 is 1. The van der Waals surface area contributed by atoms with Crippen LogP contribution in [0.3, 0.4) is 0 Å². The number of nitrogens with one attached hydrogen (secondary N) is 1. The molecule has 1 aliphatic heterocycles. The van der Waals surface area contributed by atoms with Gasteiger partial charge in [-0.1, -0.05) is 17.7 Å². The highest BCUT2D eigenvalue weighted by Gasteiger charge is 2.42. The molecular formula is C26H24ClN5OS. The summed E-state index contributed by atoms with van der Waals surface area (Å²) in [6.07, 6.45) is 5.46. The second-order valence-electron chi connectivity index (χ2n) is 8.19. The largest absolute Gasteiger partial charge is 0.495 e. The molecule has 34 heavy (non-hydrogen) atoms. The zero-order valence-electron chi connectivity index (χ0n) is 19.1. The quantitative estimate of drug-likeness (QED) is 0.362. The van der Waals surface area contributed by atoms with Gasteiger partial charge in [-0.15, -0.1) is 0 Å². The van der Waals surface area contributed by atoms with E-state index in [1.54, 1.807) is 13.3 Å². The molecule has 1 fully saturated rings. The van der Waals surface area contributed by atoms with E-state index in [2.05, 4.69) is 50.7 Å². The minimum atomic E-state index is -0.141. The summed E-state index contributed by atoms with van der Waals surface area (Å²) in [4.78, 5) is 11.1. The first-order valence-electron chi connectivity index (χ1n) is 10.9.